The first-order valence-electron chi connectivity index (χ1n) is 2.92. The molecule has 0 fully saturated rings. The number of rotatable bonds is 3. The van der Waals surface area contributed by atoms with Crippen LogP contribution in [0.3, 0.4) is 0 Å². The molecule has 0 aromatic rings. The third kappa shape index (κ3) is 3.47. The Morgan fingerprint density at radius 1 is 1.75 bits per heavy atom. The van der Waals surface area contributed by atoms with Crippen molar-refractivity contribution >= 4 is 22.6 Å². The Labute approximate surface area is 65.5 Å². The van der Waals surface area contributed by atoms with E-state index in [-0.39, 0.29) is 0 Å². The summed E-state index contributed by atoms with van der Waals surface area (Å²) in [5.41, 5.74) is 0. The topological polar surface area (TPSA) is 0 Å². The van der Waals surface area contributed by atoms with Crippen molar-refractivity contribution in [2.24, 2.45) is 0 Å². The van der Waals surface area contributed by atoms with Crippen LogP contribution in [0.4, 0.5) is 0 Å². The molecule has 0 saturated heterocycles. The molecule has 0 bridgehead atoms. The summed E-state index contributed by atoms with van der Waals surface area (Å²) in [5, 5.41) is 0. The van der Waals surface area contributed by atoms with Gasteiger partial charge in [0.1, 0.15) is 0 Å². The van der Waals surface area contributed by atoms with E-state index in [0.29, 0.717) is 3.42 Å². The first-order valence-corrected chi connectivity index (χ1v) is 4.00. The SMILES string of the molecule is C=CCC(C)(I)CC. The van der Waals surface area contributed by atoms with Crippen molar-refractivity contribution in [1.82, 2.24) is 0 Å². The van der Waals surface area contributed by atoms with Crippen molar-refractivity contribution in [1.29, 1.82) is 0 Å². The number of allylic oxidation sites excluding steroid dienone is 1. The van der Waals surface area contributed by atoms with Gasteiger partial charge < -0.3 is 0 Å². The molecule has 0 nitrogen and oxygen atoms in total. The molecular formula is C7H13I. The number of hydrogen-bond acceptors (Lipinski definition) is 0. The summed E-state index contributed by atoms with van der Waals surface area (Å²) in [4.78, 5) is 0. The van der Waals surface area contributed by atoms with Crippen molar-refractivity contribution in [3.05, 3.63) is 12.7 Å². The highest BCUT2D eigenvalue weighted by atomic mass is 127. The van der Waals surface area contributed by atoms with Gasteiger partial charge in [-0.2, -0.15) is 0 Å². The molecule has 1 heteroatoms. The maximum atomic E-state index is 3.69. The molecule has 0 radical (unpaired) electrons. The minimum Gasteiger partial charge on any atom is -0.103 e. The van der Waals surface area contributed by atoms with Gasteiger partial charge in [0.15, 0.2) is 0 Å². The van der Waals surface area contributed by atoms with Crippen LogP contribution in [-0.4, -0.2) is 3.42 Å². The minimum atomic E-state index is 0.444. The highest BCUT2D eigenvalue weighted by Crippen LogP contribution is 2.25. The van der Waals surface area contributed by atoms with Crippen LogP contribution in [0.1, 0.15) is 26.7 Å². The van der Waals surface area contributed by atoms with Crippen molar-refractivity contribution in [3.63, 3.8) is 0 Å². The van der Waals surface area contributed by atoms with E-state index < -0.39 is 0 Å². The van der Waals surface area contributed by atoms with Crippen LogP contribution in [0.15, 0.2) is 12.7 Å². The average molecular weight is 224 g/mol. The van der Waals surface area contributed by atoms with Gasteiger partial charge in [0.05, 0.1) is 0 Å². The maximum Gasteiger partial charge on any atom is 0.0225 e. The monoisotopic (exact) mass is 224 g/mol. The second-order valence-corrected chi connectivity index (χ2v) is 4.86. The molecule has 0 aliphatic carbocycles. The zero-order valence-corrected chi connectivity index (χ0v) is 7.73. The lowest BCUT2D eigenvalue weighted by Crippen LogP contribution is -2.10. The van der Waals surface area contributed by atoms with E-state index in [1.807, 2.05) is 6.08 Å². The van der Waals surface area contributed by atoms with Gasteiger partial charge in [-0.25, -0.2) is 0 Å². The van der Waals surface area contributed by atoms with Gasteiger partial charge in [0.2, 0.25) is 0 Å². The number of hydrogen-bond donors (Lipinski definition) is 0. The van der Waals surface area contributed by atoms with E-state index in [9.17, 15) is 0 Å². The molecule has 8 heavy (non-hydrogen) atoms. The van der Waals surface area contributed by atoms with Crippen molar-refractivity contribution in [2.75, 3.05) is 0 Å². The Morgan fingerprint density at radius 2 is 2.25 bits per heavy atom. The largest absolute Gasteiger partial charge is 0.103 e. The Morgan fingerprint density at radius 3 is 2.38 bits per heavy atom. The van der Waals surface area contributed by atoms with E-state index in [2.05, 4.69) is 43.0 Å². The summed E-state index contributed by atoms with van der Waals surface area (Å²) in [7, 11) is 0. The third-order valence-corrected chi connectivity index (χ3v) is 2.51. The summed E-state index contributed by atoms with van der Waals surface area (Å²) in [6, 6.07) is 0. The van der Waals surface area contributed by atoms with Crippen LogP contribution in [0.5, 0.6) is 0 Å². The maximum absolute atomic E-state index is 3.69. The fraction of sp³-hybridized carbons (Fsp3) is 0.714. The fourth-order valence-electron chi connectivity index (χ4n) is 0.445. The molecule has 0 aromatic carbocycles. The molecule has 0 aliphatic rings. The Bertz CT molecular complexity index is 74.5. The summed E-state index contributed by atoms with van der Waals surface area (Å²) < 4.78 is 0.444. The molecule has 0 saturated carbocycles. The van der Waals surface area contributed by atoms with Crippen LogP contribution in [-0.2, 0) is 0 Å². The quantitative estimate of drug-likeness (QED) is 0.392. The van der Waals surface area contributed by atoms with E-state index in [0.717, 1.165) is 6.42 Å². The molecular weight excluding hydrogens is 211 g/mol. The number of alkyl halides is 1. The molecule has 0 spiro atoms. The molecule has 1 atom stereocenters. The summed E-state index contributed by atoms with van der Waals surface area (Å²) in [6.07, 6.45) is 4.32. The van der Waals surface area contributed by atoms with Crippen LogP contribution in [0, 0.1) is 0 Å². The average Bonchev–Trinajstić information content (AvgIpc) is 1.67. The lowest BCUT2D eigenvalue weighted by Gasteiger charge is -2.16. The second kappa shape index (κ2) is 3.49. The van der Waals surface area contributed by atoms with Gasteiger partial charge in [0, 0.05) is 3.42 Å². The Kier molecular flexibility index (Phi) is 3.69. The van der Waals surface area contributed by atoms with Gasteiger partial charge in [-0.1, -0.05) is 42.5 Å². The summed E-state index contributed by atoms with van der Waals surface area (Å²) >= 11 is 2.47. The standard InChI is InChI=1S/C7H13I/c1-4-6-7(3,8)5-2/h4H,1,5-6H2,2-3H3. The van der Waals surface area contributed by atoms with Crippen LogP contribution in [0.2, 0.25) is 0 Å². The normalized spacial score (nSPS) is 17.4. The van der Waals surface area contributed by atoms with Crippen molar-refractivity contribution < 1.29 is 0 Å². The molecule has 0 rings (SSSR count). The first kappa shape index (κ1) is 8.47. The zero-order chi connectivity index (χ0) is 6.62. The van der Waals surface area contributed by atoms with Crippen LogP contribution < -0.4 is 0 Å². The van der Waals surface area contributed by atoms with E-state index >= 15 is 0 Å². The zero-order valence-electron chi connectivity index (χ0n) is 5.58. The number of halogens is 1. The van der Waals surface area contributed by atoms with Crippen LogP contribution >= 0.6 is 22.6 Å². The Balaban J connectivity index is 3.53. The summed E-state index contributed by atoms with van der Waals surface area (Å²) in [5.74, 6) is 0. The lowest BCUT2D eigenvalue weighted by atomic mass is 10.1. The predicted octanol–water partition coefficient (Wildman–Crippen LogP) is 3.17. The molecule has 0 amide bonds. The van der Waals surface area contributed by atoms with Gasteiger partial charge >= 0.3 is 0 Å². The molecule has 48 valence electrons. The smallest absolute Gasteiger partial charge is 0.0225 e. The highest BCUT2D eigenvalue weighted by molar-refractivity contribution is 14.1. The van der Waals surface area contributed by atoms with Crippen molar-refractivity contribution in [2.45, 2.75) is 30.1 Å². The summed E-state index contributed by atoms with van der Waals surface area (Å²) in [6.45, 7) is 8.14. The second-order valence-electron chi connectivity index (χ2n) is 2.26. The first-order chi connectivity index (χ1) is 3.62. The molecule has 1 unspecified atom stereocenters. The highest BCUT2D eigenvalue weighted by Gasteiger charge is 2.13. The van der Waals surface area contributed by atoms with Gasteiger partial charge in [0.25, 0.3) is 0 Å². The van der Waals surface area contributed by atoms with E-state index in [4.69, 9.17) is 0 Å². The van der Waals surface area contributed by atoms with Gasteiger partial charge in [-0.05, 0) is 12.8 Å². The molecule has 0 heterocycles. The molecule has 0 N–H and O–H groups in total. The van der Waals surface area contributed by atoms with Crippen molar-refractivity contribution in [3.8, 4) is 0 Å². The van der Waals surface area contributed by atoms with E-state index in [1.54, 1.807) is 0 Å². The molecule has 0 aromatic heterocycles. The fourth-order valence-corrected chi connectivity index (χ4v) is 0.757. The minimum absolute atomic E-state index is 0.444. The van der Waals surface area contributed by atoms with Gasteiger partial charge in [-0.15, -0.1) is 6.58 Å². The van der Waals surface area contributed by atoms with Gasteiger partial charge in [-0.3, -0.25) is 0 Å². The third-order valence-electron chi connectivity index (χ3n) is 1.31. The molecule has 0 aliphatic heterocycles. The van der Waals surface area contributed by atoms with Crippen LogP contribution in [0.25, 0.3) is 0 Å². The predicted molar refractivity (Wildman–Crippen MR) is 47.5 cm³/mol. The lowest BCUT2D eigenvalue weighted by molar-refractivity contribution is 0.663. The Hall–Kier alpha value is 0.470. The van der Waals surface area contributed by atoms with E-state index in [1.165, 1.54) is 6.42 Å².